The summed E-state index contributed by atoms with van der Waals surface area (Å²) < 4.78 is 27.8. The Bertz CT molecular complexity index is 909. The molecular formula is C20H24N2O3S. The Morgan fingerprint density at radius 1 is 1.04 bits per heavy atom. The van der Waals surface area contributed by atoms with Gasteiger partial charge in [-0.05, 0) is 54.2 Å². The highest BCUT2D eigenvalue weighted by Gasteiger charge is 2.24. The third-order valence-electron chi connectivity index (χ3n) is 4.32. The van der Waals surface area contributed by atoms with Crippen LogP contribution in [-0.2, 0) is 15.4 Å². The topological polar surface area (TPSA) is 75.3 Å². The van der Waals surface area contributed by atoms with Gasteiger partial charge in [-0.25, -0.2) is 8.42 Å². The van der Waals surface area contributed by atoms with Crippen LogP contribution in [0.2, 0.25) is 0 Å². The first-order chi connectivity index (χ1) is 12.1. The minimum atomic E-state index is -3.71. The Morgan fingerprint density at radius 2 is 1.69 bits per heavy atom. The van der Waals surface area contributed by atoms with E-state index in [2.05, 4.69) is 30.8 Å². The quantitative estimate of drug-likeness (QED) is 0.841. The summed E-state index contributed by atoms with van der Waals surface area (Å²) in [7, 11) is -3.71. The smallest absolute Gasteiger partial charge is 0.261 e. The van der Waals surface area contributed by atoms with Gasteiger partial charge in [0.1, 0.15) is 0 Å². The molecule has 138 valence electrons. The molecule has 1 saturated carbocycles. The van der Waals surface area contributed by atoms with Crippen molar-refractivity contribution in [1.29, 1.82) is 0 Å². The van der Waals surface area contributed by atoms with E-state index in [0.29, 0.717) is 11.3 Å². The molecule has 0 radical (unpaired) electrons. The zero-order chi connectivity index (χ0) is 18.9. The first kappa shape index (κ1) is 18.5. The summed E-state index contributed by atoms with van der Waals surface area (Å²) in [5, 5.41) is 2.90. The van der Waals surface area contributed by atoms with Crippen molar-refractivity contribution in [3.05, 3.63) is 59.7 Å². The van der Waals surface area contributed by atoms with E-state index >= 15 is 0 Å². The van der Waals surface area contributed by atoms with Gasteiger partial charge >= 0.3 is 0 Å². The lowest BCUT2D eigenvalue weighted by Gasteiger charge is -2.19. The van der Waals surface area contributed by atoms with Gasteiger partial charge in [-0.15, -0.1) is 0 Å². The van der Waals surface area contributed by atoms with Gasteiger partial charge in [0.25, 0.3) is 15.9 Å². The molecule has 0 aliphatic heterocycles. The molecule has 6 heteroatoms. The van der Waals surface area contributed by atoms with Crippen LogP contribution >= 0.6 is 0 Å². The Kier molecular flexibility index (Phi) is 4.80. The summed E-state index contributed by atoms with van der Waals surface area (Å²) in [6, 6.07) is 13.6. The number of benzene rings is 2. The number of carbonyl (C=O) groups excluding carboxylic acids is 1. The average Bonchev–Trinajstić information content (AvgIpc) is 3.38. The summed E-state index contributed by atoms with van der Waals surface area (Å²) in [6.07, 6.45) is 2.01. The maximum absolute atomic E-state index is 12.6. The highest BCUT2D eigenvalue weighted by atomic mass is 32.2. The first-order valence-corrected chi connectivity index (χ1v) is 10.2. The number of carbonyl (C=O) groups is 1. The van der Waals surface area contributed by atoms with Crippen LogP contribution in [0.3, 0.4) is 0 Å². The normalized spacial score (nSPS) is 14.7. The number of amides is 1. The number of hydrogen-bond donors (Lipinski definition) is 2. The molecule has 0 atom stereocenters. The average molecular weight is 372 g/mol. The van der Waals surface area contributed by atoms with Crippen molar-refractivity contribution in [2.45, 2.75) is 50.0 Å². The van der Waals surface area contributed by atoms with Crippen LogP contribution in [0.5, 0.6) is 0 Å². The zero-order valence-electron chi connectivity index (χ0n) is 15.2. The molecule has 0 unspecified atom stereocenters. The van der Waals surface area contributed by atoms with E-state index in [4.69, 9.17) is 0 Å². The van der Waals surface area contributed by atoms with Gasteiger partial charge in [0.2, 0.25) is 0 Å². The fraction of sp³-hybridized carbons (Fsp3) is 0.350. The maximum atomic E-state index is 12.6. The Morgan fingerprint density at radius 3 is 2.27 bits per heavy atom. The highest BCUT2D eigenvalue weighted by molar-refractivity contribution is 7.92. The van der Waals surface area contributed by atoms with Crippen molar-refractivity contribution in [2.75, 3.05) is 4.72 Å². The molecule has 1 fully saturated rings. The molecule has 1 amide bonds. The lowest BCUT2D eigenvalue weighted by atomic mass is 9.87. The van der Waals surface area contributed by atoms with Crippen LogP contribution in [0.1, 0.15) is 49.5 Å². The molecule has 0 heterocycles. The predicted molar refractivity (Wildman–Crippen MR) is 103 cm³/mol. The minimum absolute atomic E-state index is 0.0427. The zero-order valence-corrected chi connectivity index (χ0v) is 16.1. The van der Waals surface area contributed by atoms with Crippen LogP contribution in [0.15, 0.2) is 53.4 Å². The van der Waals surface area contributed by atoms with E-state index in [1.807, 2.05) is 12.1 Å². The van der Waals surface area contributed by atoms with Crippen LogP contribution < -0.4 is 10.0 Å². The third kappa shape index (κ3) is 4.43. The van der Waals surface area contributed by atoms with Gasteiger partial charge < -0.3 is 5.32 Å². The predicted octanol–water partition coefficient (Wildman–Crippen LogP) is 3.68. The standard InChI is InChI=1S/C20H24N2O3S/c1-20(2,3)15-7-11-18(12-8-15)26(24,25)22-17-6-4-5-14(13-17)19(23)21-16-9-10-16/h4-8,11-13,16,22H,9-10H2,1-3H3,(H,21,23). The second-order valence-corrected chi connectivity index (χ2v) is 9.39. The van der Waals surface area contributed by atoms with Crippen LogP contribution in [-0.4, -0.2) is 20.4 Å². The van der Waals surface area contributed by atoms with Crippen LogP contribution in [0, 0.1) is 0 Å². The Balaban J connectivity index is 1.77. The second-order valence-electron chi connectivity index (χ2n) is 7.71. The van der Waals surface area contributed by atoms with Crippen molar-refractivity contribution in [3.8, 4) is 0 Å². The minimum Gasteiger partial charge on any atom is -0.349 e. The molecule has 2 aromatic rings. The molecule has 2 aromatic carbocycles. The number of rotatable bonds is 5. The molecule has 0 saturated heterocycles. The number of anilines is 1. The summed E-state index contributed by atoms with van der Waals surface area (Å²) in [5.74, 6) is -0.178. The molecule has 0 aromatic heterocycles. The molecule has 2 N–H and O–H groups in total. The molecule has 1 aliphatic carbocycles. The molecule has 5 nitrogen and oxygen atoms in total. The van der Waals surface area contributed by atoms with E-state index in [1.165, 1.54) is 0 Å². The molecule has 3 rings (SSSR count). The summed E-state index contributed by atoms with van der Waals surface area (Å²) in [4.78, 5) is 12.3. The van der Waals surface area contributed by atoms with Gasteiger partial charge in [-0.3, -0.25) is 9.52 Å². The first-order valence-electron chi connectivity index (χ1n) is 8.69. The van der Waals surface area contributed by atoms with Gasteiger partial charge in [0, 0.05) is 17.3 Å². The monoisotopic (exact) mass is 372 g/mol. The molecule has 26 heavy (non-hydrogen) atoms. The van der Waals surface area contributed by atoms with E-state index in [9.17, 15) is 13.2 Å². The SMILES string of the molecule is CC(C)(C)c1ccc(S(=O)(=O)Nc2cccc(C(=O)NC3CC3)c2)cc1. The summed E-state index contributed by atoms with van der Waals surface area (Å²) >= 11 is 0. The maximum Gasteiger partial charge on any atom is 0.261 e. The Labute approximate surface area is 154 Å². The third-order valence-corrected chi connectivity index (χ3v) is 5.72. The van der Waals surface area contributed by atoms with Gasteiger partial charge in [0.15, 0.2) is 0 Å². The second kappa shape index (κ2) is 6.76. The molecule has 0 bridgehead atoms. The molecule has 0 spiro atoms. The van der Waals surface area contributed by atoms with E-state index < -0.39 is 10.0 Å². The van der Waals surface area contributed by atoms with E-state index in [0.717, 1.165) is 18.4 Å². The van der Waals surface area contributed by atoms with Gasteiger partial charge in [-0.1, -0.05) is 39.0 Å². The molecule has 1 aliphatic rings. The van der Waals surface area contributed by atoms with Crippen molar-refractivity contribution in [1.82, 2.24) is 5.32 Å². The van der Waals surface area contributed by atoms with Crippen molar-refractivity contribution < 1.29 is 13.2 Å². The van der Waals surface area contributed by atoms with E-state index in [1.54, 1.807) is 36.4 Å². The van der Waals surface area contributed by atoms with Crippen LogP contribution in [0.25, 0.3) is 0 Å². The fourth-order valence-corrected chi connectivity index (χ4v) is 3.62. The highest BCUT2D eigenvalue weighted by Crippen LogP contribution is 2.25. The Hall–Kier alpha value is -2.34. The van der Waals surface area contributed by atoms with Crippen LogP contribution in [0.4, 0.5) is 5.69 Å². The van der Waals surface area contributed by atoms with Crippen molar-refractivity contribution in [2.24, 2.45) is 0 Å². The number of nitrogens with one attached hydrogen (secondary N) is 2. The van der Waals surface area contributed by atoms with Crippen molar-refractivity contribution in [3.63, 3.8) is 0 Å². The number of sulfonamides is 1. The number of hydrogen-bond acceptors (Lipinski definition) is 3. The fourth-order valence-electron chi connectivity index (χ4n) is 2.57. The van der Waals surface area contributed by atoms with Crippen molar-refractivity contribution >= 4 is 21.6 Å². The molecular weight excluding hydrogens is 348 g/mol. The summed E-state index contributed by atoms with van der Waals surface area (Å²) in [6.45, 7) is 6.23. The summed E-state index contributed by atoms with van der Waals surface area (Å²) in [5.41, 5.74) is 1.84. The van der Waals surface area contributed by atoms with Gasteiger partial charge in [0.05, 0.1) is 4.90 Å². The van der Waals surface area contributed by atoms with Gasteiger partial charge in [-0.2, -0.15) is 0 Å². The lowest BCUT2D eigenvalue weighted by molar-refractivity contribution is 0.0951. The lowest BCUT2D eigenvalue weighted by Crippen LogP contribution is -2.25. The largest absolute Gasteiger partial charge is 0.349 e. The van der Waals surface area contributed by atoms with E-state index in [-0.39, 0.29) is 22.3 Å².